The van der Waals surface area contributed by atoms with Crippen LogP contribution in [-0.4, -0.2) is 145 Å². The first-order chi connectivity index (χ1) is 62.0. The van der Waals surface area contributed by atoms with Gasteiger partial charge in [-0.25, -0.2) is 42.4 Å². The summed E-state index contributed by atoms with van der Waals surface area (Å²) in [5.41, 5.74) is 3.84. The van der Waals surface area contributed by atoms with Gasteiger partial charge in [-0.05, 0) is 145 Å². The quantitative estimate of drug-likeness (QED) is 0.0105. The van der Waals surface area contributed by atoms with Crippen molar-refractivity contribution in [2.24, 2.45) is 17.8 Å². The summed E-state index contributed by atoms with van der Waals surface area (Å²) in [7, 11) is -23.6. The Kier molecular flexibility index (Phi) is 43.5. The summed E-state index contributed by atoms with van der Waals surface area (Å²) in [5.74, 6) is -1.09. The standard InChI is InChI=1S/C33H41NO4SSi.C31H37NO6S2Si.C30H35NO4SSi.C7H14BrNO2.CH2O3.2Cs.H/c1-8-19-34-29-22-31(39(7,36)37)26(20-25(29)21-30(34)32(35)24(2)3)23-38-40(33(4,5)6,27-15-11-9-12-16-27)28-17-13-10-14-18-28;1-22(2)30(33)28-19-23-18-24(29(39(6,34)35)20-27(23)32(28)40(7,36)37)21-38-41(31(3,4)5,25-14-10-8-11-15-25)26-16-12-9-13-17-26;1-21(2)29(32)27-18-22-17-23(28(36(6,33)34)19-26(22)31-27)20-35-37(30(3,4)5,24-13-9-7-10-14-24)25-15-11-8-12-16-25;1-7(2,3)11-6(10)9-5-4-8;2-1-4-3;;;/h9-18,20-22,24H,8,19,23H2,1-7H3;8-20,22H,21H2,1-7H3;7-19,21,31H,20H2,1-6H3;4-5H2,1-3H3,(H,9,10);1,3H;;;/q;;;;;2*+1;-1/p-1. The van der Waals surface area contributed by atoms with E-state index in [4.69, 9.17) is 28.1 Å². The number of ketones is 3. The third-order valence-corrected chi connectivity index (χ3v) is 42.5. The van der Waals surface area contributed by atoms with Crippen LogP contribution >= 0.6 is 15.9 Å². The monoisotopic (exact) mass is 2270 g/mol. The summed E-state index contributed by atoms with van der Waals surface area (Å²) in [4.78, 5) is 64.4. The summed E-state index contributed by atoms with van der Waals surface area (Å²) >= 11 is 3.19. The molecule has 0 fully saturated rings. The molecule has 1 amide bonds. The number of amides is 1. The van der Waals surface area contributed by atoms with Crippen molar-refractivity contribution in [1.29, 1.82) is 0 Å². The molecule has 33 heteroatoms. The minimum absolute atomic E-state index is 0. The molecule has 0 saturated heterocycles. The number of sulfone groups is 3. The van der Waals surface area contributed by atoms with Gasteiger partial charge in [-0.2, -0.15) is 0 Å². The van der Waals surface area contributed by atoms with Gasteiger partial charge in [0.05, 0.1) is 57.7 Å². The number of H-pyrrole nitrogens is 1. The molecule has 12 aromatic rings. The van der Waals surface area contributed by atoms with Gasteiger partial charge >= 0.3 is 144 Å². The van der Waals surface area contributed by atoms with E-state index in [9.17, 15) is 52.8 Å². The number of nitrogens with one attached hydrogen (secondary N) is 2. The van der Waals surface area contributed by atoms with Crippen molar-refractivity contribution in [2.75, 3.05) is 36.9 Å². The normalized spacial score (nSPS) is 12.4. The molecule has 0 unspecified atom stereocenters. The van der Waals surface area contributed by atoms with Crippen LogP contribution in [0.4, 0.5) is 4.79 Å². The fourth-order valence-electron chi connectivity index (χ4n) is 16.7. The number of aromatic nitrogens is 3. The van der Waals surface area contributed by atoms with Gasteiger partial charge < -0.3 is 44.5 Å². The SMILES string of the molecule is CC(C)(C)OC(=O)NCCBr.CC(C)C(=O)c1cc2cc(CO[Si](c3ccccc3)(c3ccccc3)C(C)(C)C)c(S(C)(=O)=O)cc2[nH]1.CC(C)C(=O)c1cc2cc(CO[Si](c3ccccc3)(c3ccccc3)C(C)(C)C)c(S(C)(=O)=O)cc2n1S(C)(=O)=O.CCCn1c(C(=O)C(C)C)cc2cc(CO[Si](c3ccccc3)(c3ccccc3)C(C)(C)C)c(S(C)(=O)=O)cc21.O=CO[O-].[Cs+].[Cs+].[H-]. The number of hydrogen-bond acceptors (Lipinski definition) is 19. The third-order valence-electron chi connectivity index (χ3n) is 22.5. The molecule has 9 aromatic carbocycles. The first kappa shape index (κ1) is 118. The van der Waals surface area contributed by atoms with Gasteiger partial charge in [0.1, 0.15) is 11.3 Å². The average Bonchev–Trinajstić information content (AvgIpc) is 1.69. The molecule has 0 aliphatic carbocycles. The topological polar surface area (TPSA) is 329 Å². The number of nitrogens with zero attached hydrogens (tertiary/aromatic N) is 2. The van der Waals surface area contributed by atoms with Crippen molar-refractivity contribution in [3.8, 4) is 0 Å². The van der Waals surface area contributed by atoms with Gasteiger partial charge in [-0.1, -0.05) is 309 Å². The predicted molar refractivity (Wildman–Crippen MR) is 543 cm³/mol. The first-order valence-corrected chi connectivity index (χ1v) is 58.3. The van der Waals surface area contributed by atoms with Crippen molar-refractivity contribution in [3.05, 3.63) is 270 Å². The van der Waals surface area contributed by atoms with Crippen LogP contribution in [0.3, 0.4) is 0 Å². The Labute approximate surface area is 929 Å². The van der Waals surface area contributed by atoms with Crippen LogP contribution in [0, 0.1) is 17.8 Å². The molecule has 0 spiro atoms. The molecule has 0 atom stereocenters. The maximum atomic E-state index is 13.2. The van der Waals surface area contributed by atoms with Crippen LogP contribution in [0.5, 0.6) is 0 Å². The van der Waals surface area contributed by atoms with Gasteiger partial charge in [-0.3, -0.25) is 19.2 Å². The minimum atomic E-state index is -3.92. The number of halogens is 1. The van der Waals surface area contributed by atoms with Gasteiger partial charge in [0.15, 0.2) is 46.9 Å². The van der Waals surface area contributed by atoms with Crippen LogP contribution in [0.1, 0.15) is 188 Å². The molecule has 2 N–H and O–H groups in total. The maximum Gasteiger partial charge on any atom is 1.00 e. The Hall–Kier alpha value is -5.78. The molecule has 0 aliphatic heterocycles. The van der Waals surface area contributed by atoms with E-state index in [2.05, 4.69) is 173 Å². The van der Waals surface area contributed by atoms with Crippen molar-refractivity contribution in [1.82, 2.24) is 18.8 Å². The molecule has 12 rings (SSSR count). The first-order valence-electron chi connectivity index (χ1n) is 43.9. The van der Waals surface area contributed by atoms with Crippen LogP contribution in [0.15, 0.2) is 251 Å². The molecule has 3 aromatic heterocycles. The minimum Gasteiger partial charge on any atom is -1.00 e. The number of Topliss-reactive ketones (excluding diaryl/α,β-unsaturated/α-hetero) is 3. The van der Waals surface area contributed by atoms with E-state index in [1.165, 1.54) is 24.6 Å². The Morgan fingerprint density at radius 1 is 0.444 bits per heavy atom. The van der Waals surface area contributed by atoms with Crippen LogP contribution in [-0.2, 0) is 93.6 Å². The van der Waals surface area contributed by atoms with E-state index < -0.39 is 76.0 Å². The number of carbonyl (C=O) groups is 5. The molecule has 0 bridgehead atoms. The zero-order valence-electron chi connectivity index (χ0n) is 83.4. The largest absolute Gasteiger partial charge is 1.00 e. The van der Waals surface area contributed by atoms with E-state index >= 15 is 0 Å². The van der Waals surface area contributed by atoms with Crippen molar-refractivity contribution in [2.45, 2.75) is 200 Å². The van der Waals surface area contributed by atoms with Crippen molar-refractivity contribution < 1.29 is 225 Å². The summed E-state index contributed by atoms with van der Waals surface area (Å²) in [6.45, 7) is 39.3. The zero-order chi connectivity index (χ0) is 99.0. The molecule has 135 heavy (non-hydrogen) atoms. The number of aryl methyl sites for hydroxylation is 1. The van der Waals surface area contributed by atoms with Gasteiger partial charge in [-0.15, -0.1) is 0 Å². The number of hydrogen-bond donors (Lipinski definition) is 2. The summed E-state index contributed by atoms with van der Waals surface area (Å²) < 4.78 is 133. The van der Waals surface area contributed by atoms with E-state index in [0.29, 0.717) is 52.1 Å². The molecule has 23 nitrogen and oxygen atoms in total. The number of benzene rings is 9. The molecule has 716 valence electrons. The number of ether oxygens (including phenoxy) is 1. The number of aromatic amines is 1. The van der Waals surface area contributed by atoms with Gasteiger partial charge in [0, 0.05) is 82.1 Å². The second-order valence-electron chi connectivity index (χ2n) is 38.0. The Balaban J connectivity index is 0.000000331. The molecular weight excluding hydrogens is 2140 g/mol. The van der Waals surface area contributed by atoms with Crippen molar-refractivity contribution >= 4 is 174 Å². The molecule has 0 radical (unpaired) electrons. The van der Waals surface area contributed by atoms with E-state index in [0.717, 1.165) is 75.6 Å². The van der Waals surface area contributed by atoms with Crippen molar-refractivity contribution in [3.63, 3.8) is 0 Å². The number of rotatable bonds is 30. The van der Waals surface area contributed by atoms with Gasteiger partial charge in [0.25, 0.3) is 31.4 Å². The average molecular weight is 2270 g/mol. The molecule has 3 heterocycles. The van der Waals surface area contributed by atoms with Crippen LogP contribution in [0.2, 0.25) is 15.1 Å². The predicted octanol–water partition coefficient (Wildman–Crippen LogP) is 11.1. The summed E-state index contributed by atoms with van der Waals surface area (Å²) in [6, 6.07) is 76.6. The fraction of sp³-hybridized carbons (Fsp3) is 0.363. The fourth-order valence-corrected chi connectivity index (χ4v) is 34.3. The molecular formula is C102H129BrCs2N4O19S4Si3. The Bertz CT molecular complexity index is 6440. The Morgan fingerprint density at radius 3 is 1.02 bits per heavy atom. The summed E-state index contributed by atoms with van der Waals surface area (Å²) in [6.07, 6.45) is 5.02. The Morgan fingerprint density at radius 2 is 0.741 bits per heavy atom. The van der Waals surface area contributed by atoms with E-state index in [1.54, 1.807) is 38.1 Å². The number of carbonyl (C=O) groups excluding carboxylic acids is 5. The van der Waals surface area contributed by atoms with E-state index in [-0.39, 0.29) is 242 Å². The molecule has 0 saturated carbocycles. The zero-order valence-corrected chi connectivity index (χ0v) is 103. The number of alkyl halides is 1. The van der Waals surface area contributed by atoms with Crippen LogP contribution < -0.4 is 179 Å². The number of alkyl carbamates (subject to hydrolysis) is 1. The smallest absolute Gasteiger partial charge is 1.00 e. The summed E-state index contributed by atoms with van der Waals surface area (Å²) in [5, 5.41) is 19.7. The van der Waals surface area contributed by atoms with Crippen LogP contribution in [0.25, 0.3) is 32.7 Å². The van der Waals surface area contributed by atoms with Gasteiger partial charge in [0.2, 0.25) is 10.0 Å². The maximum absolute atomic E-state index is 13.2. The van der Waals surface area contributed by atoms with E-state index in [1.807, 2.05) is 180 Å². The number of fused-ring (bicyclic) bond motifs is 3. The molecule has 0 aliphatic rings. The second kappa shape index (κ2) is 49.8. The second-order valence-corrected chi connectivity index (χ2v) is 59.5. The third kappa shape index (κ3) is 29.3.